The third-order valence-electron chi connectivity index (χ3n) is 13.3. The molecular formula is C54H108O19. The molecule has 0 spiro atoms. The van der Waals surface area contributed by atoms with E-state index >= 15 is 0 Å². The molecule has 3 aliphatic heterocycles. The van der Waals surface area contributed by atoms with Gasteiger partial charge in [0, 0.05) is 12.8 Å². The summed E-state index contributed by atoms with van der Waals surface area (Å²) in [4.78, 5) is 20.7. The third kappa shape index (κ3) is 41.2. The number of carboxylic acids is 2. The van der Waals surface area contributed by atoms with Crippen LogP contribution in [0.3, 0.4) is 0 Å². The zero-order valence-corrected chi connectivity index (χ0v) is 45.1. The summed E-state index contributed by atoms with van der Waals surface area (Å²) in [6.45, 7) is 3.12. The quantitative estimate of drug-likeness (QED) is 0.0360. The smallest absolute Gasteiger partial charge is 0.303 e. The van der Waals surface area contributed by atoms with Gasteiger partial charge in [0.2, 0.25) is 0 Å². The van der Waals surface area contributed by atoms with E-state index in [-0.39, 0.29) is 19.8 Å². The lowest BCUT2D eigenvalue weighted by atomic mass is 10.0. The monoisotopic (exact) mass is 1060 g/mol. The molecule has 3 fully saturated rings. The fourth-order valence-corrected chi connectivity index (χ4v) is 8.50. The van der Waals surface area contributed by atoms with Gasteiger partial charge in [-0.1, -0.05) is 194 Å². The molecule has 19 heteroatoms. The molecule has 0 aromatic rings. The molecule has 0 aromatic carbocycles. The first-order chi connectivity index (χ1) is 35.0. The molecule has 19 nitrogen and oxygen atoms in total. The molecule has 3 aliphatic rings. The van der Waals surface area contributed by atoms with Crippen LogP contribution in [0, 0.1) is 0 Å². The van der Waals surface area contributed by atoms with Crippen LogP contribution in [0.1, 0.15) is 219 Å². The molecular weight excluding hydrogens is 953 g/mol. The van der Waals surface area contributed by atoms with Crippen molar-refractivity contribution in [3.63, 3.8) is 0 Å². The van der Waals surface area contributed by atoms with Crippen LogP contribution >= 0.6 is 0 Å². The van der Waals surface area contributed by atoms with E-state index in [4.69, 9.17) is 85.7 Å². The molecule has 0 aliphatic carbocycles. The largest absolute Gasteiger partial charge is 0.481 e. The number of aliphatic carboxylic acids is 2. The number of aliphatic hydroxyl groups excluding tert-OH is 12. The van der Waals surface area contributed by atoms with Gasteiger partial charge in [0.25, 0.3) is 0 Å². The Hall–Kier alpha value is -1.66. The van der Waals surface area contributed by atoms with Crippen LogP contribution in [-0.2, 0) is 23.8 Å². The van der Waals surface area contributed by atoms with Crippen molar-refractivity contribution in [2.75, 3.05) is 39.6 Å². The summed E-state index contributed by atoms with van der Waals surface area (Å²) in [5, 5.41) is 124. The first-order valence-electron chi connectivity index (χ1n) is 28.3. The van der Waals surface area contributed by atoms with Gasteiger partial charge in [-0.05, 0) is 12.8 Å². The Morgan fingerprint density at radius 1 is 0.356 bits per heavy atom. The minimum absolute atomic E-state index is 0.00287. The maximum absolute atomic E-state index is 10.3. The van der Waals surface area contributed by atoms with E-state index in [9.17, 15) is 9.59 Å². The van der Waals surface area contributed by atoms with Gasteiger partial charge in [-0.25, -0.2) is 0 Å². The number of rotatable bonds is 38. The summed E-state index contributed by atoms with van der Waals surface area (Å²) in [5.41, 5.74) is 0. The molecule has 0 aromatic heterocycles. The minimum atomic E-state index is -1.12. The average Bonchev–Trinajstić information content (AvgIpc) is 4.03. The van der Waals surface area contributed by atoms with Crippen LogP contribution < -0.4 is 0 Å². The molecule has 3 unspecified atom stereocenters. The van der Waals surface area contributed by atoms with Crippen LogP contribution in [0.15, 0.2) is 0 Å². The van der Waals surface area contributed by atoms with Crippen molar-refractivity contribution in [2.45, 2.75) is 293 Å². The zero-order valence-electron chi connectivity index (χ0n) is 45.1. The molecule has 438 valence electrons. The van der Waals surface area contributed by atoms with Gasteiger partial charge in [0.05, 0.1) is 39.6 Å². The van der Waals surface area contributed by atoms with Crippen molar-refractivity contribution in [3.05, 3.63) is 0 Å². The Morgan fingerprint density at radius 3 is 0.671 bits per heavy atom. The number of aliphatic hydroxyl groups is 12. The topological polar surface area (TPSA) is 345 Å². The number of carbonyl (C=O) groups is 2. The number of hydrogen-bond donors (Lipinski definition) is 14. The maximum atomic E-state index is 10.3. The van der Waals surface area contributed by atoms with Crippen molar-refractivity contribution in [2.24, 2.45) is 0 Å². The van der Waals surface area contributed by atoms with Crippen molar-refractivity contribution >= 4 is 11.9 Å². The SMILES string of the molecule is CCCCCCCCCCCCCCCCCC(=O)O.CCCCCCCCCCCCCCCCCC(=O)O.OC[C@@H](O)C1OC[C@H](O)[C@H]1O.OC[C@@H](O)C1OC[C@H](O)[C@H]1O.OC[C@@H](O)C1OC[C@H](O)[C@H]1O. The third-order valence-corrected chi connectivity index (χ3v) is 13.3. The van der Waals surface area contributed by atoms with Crippen molar-refractivity contribution < 1.29 is 95.3 Å². The second kappa shape index (κ2) is 51.1. The molecule has 73 heavy (non-hydrogen) atoms. The van der Waals surface area contributed by atoms with E-state index in [2.05, 4.69) is 13.8 Å². The van der Waals surface area contributed by atoms with Crippen LogP contribution in [0.25, 0.3) is 0 Å². The van der Waals surface area contributed by atoms with Gasteiger partial charge in [-0.3, -0.25) is 9.59 Å². The van der Waals surface area contributed by atoms with Crippen LogP contribution in [-0.4, -0.2) is 196 Å². The Kier molecular flexibility index (Phi) is 51.4. The highest BCUT2D eigenvalue weighted by atomic mass is 16.6. The second-order valence-corrected chi connectivity index (χ2v) is 20.0. The molecule has 3 heterocycles. The van der Waals surface area contributed by atoms with E-state index in [0.29, 0.717) is 12.8 Å². The summed E-state index contributed by atoms with van der Waals surface area (Å²) < 4.78 is 14.5. The lowest BCUT2D eigenvalue weighted by Gasteiger charge is -2.18. The highest BCUT2D eigenvalue weighted by molar-refractivity contribution is 5.66. The molecule has 0 saturated carbocycles. The van der Waals surface area contributed by atoms with E-state index in [1.54, 1.807) is 0 Å². The Balaban J connectivity index is 0. The first kappa shape index (κ1) is 73.4. The maximum Gasteiger partial charge on any atom is 0.303 e. The molecule has 0 amide bonds. The minimum Gasteiger partial charge on any atom is -0.481 e. The Morgan fingerprint density at radius 2 is 0.534 bits per heavy atom. The number of unbranched alkanes of at least 4 members (excludes halogenated alkanes) is 28. The van der Waals surface area contributed by atoms with Crippen LogP contribution in [0.4, 0.5) is 0 Å². The molecule has 3 rings (SSSR count). The molecule has 0 bridgehead atoms. The predicted octanol–water partition coefficient (Wildman–Crippen LogP) is 5.05. The number of hydrogen-bond acceptors (Lipinski definition) is 17. The van der Waals surface area contributed by atoms with Gasteiger partial charge in [-0.15, -0.1) is 0 Å². The highest BCUT2D eigenvalue weighted by Crippen LogP contribution is 2.20. The van der Waals surface area contributed by atoms with Gasteiger partial charge in [0.1, 0.15) is 73.2 Å². The fraction of sp³-hybridized carbons (Fsp3) is 0.963. The summed E-state index contributed by atoms with van der Waals surface area (Å²) in [6, 6.07) is 0. The number of ether oxygens (including phenoxy) is 3. The normalized spacial score (nSPS) is 24.4. The molecule has 0 radical (unpaired) electrons. The van der Waals surface area contributed by atoms with E-state index in [1.165, 1.54) is 167 Å². The summed E-state index contributed by atoms with van der Waals surface area (Å²) >= 11 is 0. The summed E-state index contributed by atoms with van der Waals surface area (Å²) in [7, 11) is 0. The zero-order chi connectivity index (χ0) is 55.1. The highest BCUT2D eigenvalue weighted by Gasteiger charge is 2.40. The van der Waals surface area contributed by atoms with Gasteiger partial charge in [0.15, 0.2) is 0 Å². The van der Waals surface area contributed by atoms with Crippen LogP contribution in [0.2, 0.25) is 0 Å². The average molecular weight is 1060 g/mol. The van der Waals surface area contributed by atoms with Crippen LogP contribution in [0.5, 0.6) is 0 Å². The van der Waals surface area contributed by atoms with Crippen molar-refractivity contribution in [1.82, 2.24) is 0 Å². The Labute approximate surface area is 438 Å². The molecule has 14 N–H and O–H groups in total. The predicted molar refractivity (Wildman–Crippen MR) is 279 cm³/mol. The molecule has 3 saturated heterocycles. The second-order valence-electron chi connectivity index (χ2n) is 20.0. The number of carboxylic acid groups (broad SMARTS) is 2. The standard InChI is InChI=1S/2C18H36O2.3C6H12O5/c2*1-2-3-4-5-6-7-8-9-10-11-12-13-14-15-16-17-18(19)20;3*7-1-3(8)6-5(10)4(9)2-11-6/h2*2-17H2,1H3,(H,19,20);3*3-10H,1-2H2/t;;3*3-,4+,5-,6?/m..111/s1. The summed E-state index contributed by atoms with van der Waals surface area (Å²) in [5.74, 6) is -1.31. The van der Waals surface area contributed by atoms with Gasteiger partial charge in [-0.2, -0.15) is 0 Å². The summed E-state index contributed by atoms with van der Waals surface area (Å²) in [6.07, 6.45) is 28.3. The van der Waals surface area contributed by atoms with Crippen molar-refractivity contribution in [1.29, 1.82) is 0 Å². The van der Waals surface area contributed by atoms with E-state index < -0.39 is 105 Å². The van der Waals surface area contributed by atoms with E-state index in [1.807, 2.05) is 0 Å². The van der Waals surface area contributed by atoms with Gasteiger partial charge < -0.3 is 85.7 Å². The lowest BCUT2D eigenvalue weighted by molar-refractivity contribution is -0.138. The Bertz CT molecular complexity index is 1090. The van der Waals surface area contributed by atoms with Crippen molar-refractivity contribution in [3.8, 4) is 0 Å². The molecule has 12 atom stereocenters. The first-order valence-corrected chi connectivity index (χ1v) is 28.3. The fourth-order valence-electron chi connectivity index (χ4n) is 8.50. The lowest BCUT2D eigenvalue weighted by Crippen LogP contribution is -2.40. The van der Waals surface area contributed by atoms with Gasteiger partial charge >= 0.3 is 11.9 Å². The van der Waals surface area contributed by atoms with E-state index in [0.717, 1.165) is 25.7 Å².